The predicted octanol–water partition coefficient (Wildman–Crippen LogP) is 14.3. The SMILES string of the molecule is [2H]c1c([2H])c([2H])c(-n2c3ccccc3c3cc(-n4c5c([2H])c([2H])c([2H])c([2H])c5c5c([2H])c(-c6c([2H])c([2H])c7c(c6[2H])c6c([2H])c([2H])c([2H])c([2H])c6n7-c6ccc(-c7ccccc7)cc6)c([2H])c([2H])c54)ccc32)c([2H])c1[2H]. The van der Waals surface area contributed by atoms with Gasteiger partial charge >= 0.3 is 0 Å². The average molecular weight is 745 g/mol. The first-order chi connectivity index (χ1) is 36.2. The second-order valence-electron chi connectivity index (χ2n) is 13.5. The summed E-state index contributed by atoms with van der Waals surface area (Å²) in [7, 11) is 0. The highest BCUT2D eigenvalue weighted by atomic mass is 15.0. The highest BCUT2D eigenvalue weighted by Gasteiger charge is 2.18. The number of fused-ring (bicyclic) bond motifs is 9. The molecule has 0 aliphatic carbocycles. The van der Waals surface area contributed by atoms with E-state index in [0.29, 0.717) is 27.5 Å². The van der Waals surface area contributed by atoms with Gasteiger partial charge in [0.1, 0.15) is 0 Å². The van der Waals surface area contributed by atoms with Gasteiger partial charge in [-0.05, 0) is 107 Å². The second-order valence-corrected chi connectivity index (χ2v) is 13.5. The lowest BCUT2D eigenvalue weighted by Crippen LogP contribution is -1.95. The van der Waals surface area contributed by atoms with Crippen LogP contribution < -0.4 is 0 Å². The molecule has 0 radical (unpaired) electrons. The van der Waals surface area contributed by atoms with Gasteiger partial charge in [-0.25, -0.2) is 0 Å². The van der Waals surface area contributed by atoms with Gasteiger partial charge in [-0.2, -0.15) is 0 Å². The summed E-state index contributed by atoms with van der Waals surface area (Å²) in [6.45, 7) is 0. The van der Waals surface area contributed by atoms with Crippen molar-refractivity contribution in [3.63, 3.8) is 0 Å². The fourth-order valence-electron chi connectivity index (χ4n) is 7.93. The highest BCUT2D eigenvalue weighted by molar-refractivity contribution is 6.14. The van der Waals surface area contributed by atoms with Crippen LogP contribution in [-0.4, -0.2) is 13.7 Å². The molecule has 12 rings (SSSR count). The molecule has 0 fully saturated rings. The van der Waals surface area contributed by atoms with E-state index >= 15 is 0 Å². The Hall–Kier alpha value is -7.62. The molecule has 0 aliphatic rings. The summed E-state index contributed by atoms with van der Waals surface area (Å²) in [5.74, 6) is 0. The minimum atomic E-state index is -0.710. The Kier molecular flexibility index (Phi) is 4.01. The van der Waals surface area contributed by atoms with Crippen molar-refractivity contribution in [3.05, 3.63) is 212 Å². The molecule has 0 amide bonds. The van der Waals surface area contributed by atoms with E-state index in [1.54, 1.807) is 66.7 Å². The van der Waals surface area contributed by atoms with Gasteiger partial charge in [-0.15, -0.1) is 0 Å². The zero-order chi connectivity index (χ0) is 54.0. The third kappa shape index (κ3) is 4.86. The number of rotatable bonds is 5. The van der Waals surface area contributed by atoms with Gasteiger partial charge < -0.3 is 13.7 Å². The molecule has 57 heavy (non-hydrogen) atoms. The lowest BCUT2D eigenvalue weighted by Gasteiger charge is -2.11. The summed E-state index contributed by atoms with van der Waals surface area (Å²) in [4.78, 5) is 0. The predicted molar refractivity (Wildman–Crippen MR) is 240 cm³/mol. The van der Waals surface area contributed by atoms with Crippen LogP contribution in [0.3, 0.4) is 0 Å². The molecule has 0 saturated carbocycles. The second kappa shape index (κ2) is 12.5. The van der Waals surface area contributed by atoms with Crippen LogP contribution in [0.4, 0.5) is 0 Å². The molecule has 0 bridgehead atoms. The number of hydrogen-bond donors (Lipinski definition) is 0. The van der Waals surface area contributed by atoms with Crippen molar-refractivity contribution in [2.45, 2.75) is 0 Å². The molecule has 266 valence electrons. The molecular formula is C54H35N3. The molecule has 0 unspecified atom stereocenters. The molecule has 0 N–H and O–H groups in total. The quantitative estimate of drug-likeness (QED) is 0.167. The Bertz CT molecular complexity index is 4590. The van der Waals surface area contributed by atoms with Crippen molar-refractivity contribution in [3.8, 4) is 39.3 Å². The lowest BCUT2D eigenvalue weighted by molar-refractivity contribution is 1.17. The maximum Gasteiger partial charge on any atom is 0.0645 e. The number of hydrogen-bond acceptors (Lipinski definition) is 0. The van der Waals surface area contributed by atoms with Gasteiger partial charge in [0.15, 0.2) is 0 Å². The Morgan fingerprint density at radius 2 is 0.789 bits per heavy atom. The average Bonchev–Trinajstić information content (AvgIpc) is 4.24. The summed E-state index contributed by atoms with van der Waals surface area (Å²) in [6, 6.07) is 17.1. The molecule has 0 aliphatic heterocycles. The minimum Gasteiger partial charge on any atom is -0.309 e. The third-order valence-corrected chi connectivity index (χ3v) is 10.4. The number of benzene rings is 9. The van der Waals surface area contributed by atoms with Crippen LogP contribution in [0.25, 0.3) is 105 Å². The topological polar surface area (TPSA) is 14.8 Å². The maximum atomic E-state index is 9.99. The van der Waals surface area contributed by atoms with Gasteiger partial charge in [0.2, 0.25) is 0 Å². The largest absolute Gasteiger partial charge is 0.309 e. The first-order valence-corrected chi connectivity index (χ1v) is 18.1. The van der Waals surface area contributed by atoms with Gasteiger partial charge in [0.05, 0.1) is 59.1 Å². The number of aromatic nitrogens is 3. The van der Waals surface area contributed by atoms with E-state index in [0.717, 1.165) is 11.1 Å². The molecule has 3 aromatic heterocycles. The molecule has 0 atom stereocenters. The van der Waals surface area contributed by atoms with E-state index in [1.807, 2.05) is 30.3 Å². The maximum absolute atomic E-state index is 9.99. The molecule has 0 spiro atoms. The summed E-state index contributed by atoms with van der Waals surface area (Å²) in [6.07, 6.45) is 0. The molecule has 3 heteroatoms. The molecule has 9 aromatic carbocycles. The standard InChI is InChI=1S/C54H35N3/c1-3-13-36(14-4-1)37-23-27-41(28-24-37)56-49-20-10-7-17-43(49)46-33-38(25-30-52(46)56)39-26-31-53-47(34-39)44-18-8-12-22-51(44)57(53)42-29-32-54-48(35-42)45-19-9-11-21-50(45)55(54)40-15-5-2-6-16-40/h1-35H/i2D,5D,6D,7D,8D,10D,12D,15D,16D,17D,18D,20D,22D,25D,26D,30D,31D,33D,34D. The normalized spacial score (nSPS) is 16.5. The van der Waals surface area contributed by atoms with Crippen molar-refractivity contribution in [2.24, 2.45) is 0 Å². The summed E-state index contributed by atoms with van der Waals surface area (Å²) in [5, 5.41) is 0.218. The Morgan fingerprint density at radius 1 is 0.281 bits per heavy atom. The van der Waals surface area contributed by atoms with E-state index in [9.17, 15) is 12.3 Å². The Balaban J connectivity index is 1.17. The summed E-state index contributed by atoms with van der Waals surface area (Å²) < 4.78 is 178. The molecule has 3 heterocycles. The first-order valence-electron chi connectivity index (χ1n) is 27.6. The summed E-state index contributed by atoms with van der Waals surface area (Å²) >= 11 is 0. The van der Waals surface area contributed by atoms with E-state index in [-0.39, 0.29) is 55.0 Å². The van der Waals surface area contributed by atoms with Gasteiger partial charge in [0, 0.05) is 49.4 Å². The van der Waals surface area contributed by atoms with Crippen LogP contribution >= 0.6 is 0 Å². The minimum absolute atomic E-state index is 0.0895. The van der Waals surface area contributed by atoms with E-state index in [1.165, 1.54) is 13.7 Å². The van der Waals surface area contributed by atoms with Crippen LogP contribution in [0.5, 0.6) is 0 Å². The summed E-state index contributed by atoms with van der Waals surface area (Å²) in [5.41, 5.74) is 1.42. The van der Waals surface area contributed by atoms with Crippen LogP contribution in [0.15, 0.2) is 212 Å². The molecule has 3 nitrogen and oxygen atoms in total. The highest BCUT2D eigenvalue weighted by Crippen LogP contribution is 2.40. The molecule has 12 aromatic rings. The van der Waals surface area contributed by atoms with Gasteiger partial charge in [0.25, 0.3) is 0 Å². The molecular weight excluding hydrogens is 691 g/mol. The van der Waals surface area contributed by atoms with Crippen LogP contribution in [-0.2, 0) is 0 Å². The third-order valence-electron chi connectivity index (χ3n) is 10.4. The van der Waals surface area contributed by atoms with Gasteiger partial charge in [-0.1, -0.05) is 127 Å². The van der Waals surface area contributed by atoms with Crippen LogP contribution in [0.1, 0.15) is 26.0 Å². The van der Waals surface area contributed by atoms with Crippen molar-refractivity contribution < 1.29 is 26.0 Å². The van der Waals surface area contributed by atoms with Crippen molar-refractivity contribution >= 4 is 65.4 Å². The van der Waals surface area contributed by atoms with Crippen molar-refractivity contribution in [1.82, 2.24) is 13.7 Å². The Morgan fingerprint density at radius 3 is 1.47 bits per heavy atom. The smallest absolute Gasteiger partial charge is 0.0645 e. The van der Waals surface area contributed by atoms with Crippen LogP contribution in [0, 0.1) is 0 Å². The Labute approximate surface area is 356 Å². The first kappa shape index (κ1) is 18.3. The lowest BCUT2D eigenvalue weighted by atomic mass is 10.0. The monoisotopic (exact) mass is 744 g/mol. The fraction of sp³-hybridized carbons (Fsp3) is 0. The molecule has 0 saturated heterocycles. The number of nitrogens with zero attached hydrogens (tertiary/aromatic N) is 3. The number of para-hydroxylation sites is 4. The fourth-order valence-corrected chi connectivity index (χ4v) is 7.93. The van der Waals surface area contributed by atoms with Crippen molar-refractivity contribution in [1.29, 1.82) is 0 Å². The van der Waals surface area contributed by atoms with E-state index in [4.69, 9.17) is 13.7 Å². The van der Waals surface area contributed by atoms with Gasteiger partial charge in [-0.3, -0.25) is 0 Å². The van der Waals surface area contributed by atoms with Crippen molar-refractivity contribution in [2.75, 3.05) is 0 Å². The zero-order valence-corrected chi connectivity index (χ0v) is 29.6. The van der Waals surface area contributed by atoms with E-state index in [2.05, 4.69) is 0 Å². The van der Waals surface area contributed by atoms with Crippen LogP contribution in [0.2, 0.25) is 0 Å². The zero-order valence-electron chi connectivity index (χ0n) is 48.6. The van der Waals surface area contributed by atoms with E-state index < -0.39 is 126 Å².